The molecule has 3 N–H and O–H groups in total. The van der Waals surface area contributed by atoms with Gasteiger partial charge in [-0.25, -0.2) is 0 Å². The average Bonchev–Trinajstić information content (AvgIpc) is 2.85. The van der Waals surface area contributed by atoms with Gasteiger partial charge in [-0.05, 0) is 91.8 Å². The van der Waals surface area contributed by atoms with Crippen molar-refractivity contribution in [3.8, 4) is 0 Å². The van der Waals surface area contributed by atoms with Crippen LogP contribution in [0.25, 0.3) is 0 Å². The van der Waals surface area contributed by atoms with Gasteiger partial charge in [-0.15, -0.1) is 0 Å². The Balaban J connectivity index is 1.60. The Morgan fingerprint density at radius 2 is 1.71 bits per heavy atom. The Morgan fingerprint density at radius 1 is 0.917 bits per heavy atom. The number of fused-ring (bicyclic) bond motifs is 5. The molecule has 0 amide bonds. The zero-order valence-electron chi connectivity index (χ0n) is 15.5. The molecule has 4 fully saturated rings. The Hall–Kier alpha value is -0.120. The first kappa shape index (κ1) is 17.3. The summed E-state index contributed by atoms with van der Waals surface area (Å²) in [5, 5.41) is 29.9. The Morgan fingerprint density at radius 3 is 2.46 bits per heavy atom. The van der Waals surface area contributed by atoms with E-state index in [1.807, 2.05) is 0 Å². The summed E-state index contributed by atoms with van der Waals surface area (Å²) in [4.78, 5) is 0. The number of aliphatic hydroxyl groups excluding tert-OH is 2. The van der Waals surface area contributed by atoms with Crippen LogP contribution in [0.5, 0.6) is 0 Å². The van der Waals surface area contributed by atoms with E-state index < -0.39 is 6.29 Å². The normalized spacial score (nSPS) is 54.2. The van der Waals surface area contributed by atoms with Gasteiger partial charge in [0.15, 0.2) is 6.29 Å². The summed E-state index contributed by atoms with van der Waals surface area (Å²) in [6.07, 6.45) is 10.3. The van der Waals surface area contributed by atoms with Crippen LogP contribution in [-0.2, 0) is 0 Å². The SMILES string of the molecule is C[C@]12CC[C@H]3[C@@H](CC[C@H]4CCCC(O)[C@@]43C)[C@@H]1CC[C@@H]2CC(O)O. The molecular weight excluding hydrogens is 300 g/mol. The zero-order chi connectivity index (χ0) is 17.1. The summed E-state index contributed by atoms with van der Waals surface area (Å²) < 4.78 is 0. The third-order valence-electron chi connectivity index (χ3n) is 9.40. The molecule has 0 aliphatic heterocycles. The smallest absolute Gasteiger partial charge is 0.151 e. The van der Waals surface area contributed by atoms with Crippen LogP contribution in [-0.4, -0.2) is 27.7 Å². The second kappa shape index (κ2) is 5.96. The van der Waals surface area contributed by atoms with E-state index in [2.05, 4.69) is 13.8 Å². The standard InChI is InChI=1S/C21H36O3/c1-20-11-10-17-15(16(20)9-7-14(20)12-19(23)24)8-6-13-4-3-5-18(22)21(13,17)2/h13-19,22-24H,3-12H2,1-2H3/t13-,14-,15+,16+,17+,18?,20-,21+/m1/s1. The van der Waals surface area contributed by atoms with Gasteiger partial charge in [0, 0.05) is 6.42 Å². The number of hydrogen-bond donors (Lipinski definition) is 3. The van der Waals surface area contributed by atoms with Crippen molar-refractivity contribution in [3.05, 3.63) is 0 Å². The maximum Gasteiger partial charge on any atom is 0.151 e. The molecular formula is C21H36O3. The van der Waals surface area contributed by atoms with Gasteiger partial charge >= 0.3 is 0 Å². The third-order valence-corrected chi connectivity index (χ3v) is 9.40. The molecule has 8 atom stereocenters. The molecule has 4 rings (SSSR count). The minimum Gasteiger partial charge on any atom is -0.393 e. The highest BCUT2D eigenvalue weighted by Crippen LogP contribution is 2.67. The topological polar surface area (TPSA) is 60.7 Å². The summed E-state index contributed by atoms with van der Waals surface area (Å²) >= 11 is 0. The summed E-state index contributed by atoms with van der Waals surface area (Å²) in [5.41, 5.74) is 0.421. The van der Waals surface area contributed by atoms with Gasteiger partial charge in [0.05, 0.1) is 6.10 Å². The van der Waals surface area contributed by atoms with Crippen molar-refractivity contribution in [1.29, 1.82) is 0 Å². The van der Waals surface area contributed by atoms with E-state index in [0.29, 0.717) is 18.3 Å². The maximum atomic E-state index is 10.9. The maximum absolute atomic E-state index is 10.9. The number of hydrogen-bond acceptors (Lipinski definition) is 3. The van der Waals surface area contributed by atoms with Crippen LogP contribution in [0, 0.1) is 40.4 Å². The molecule has 4 saturated carbocycles. The fourth-order valence-electron chi connectivity index (χ4n) is 8.06. The molecule has 0 heterocycles. The monoisotopic (exact) mass is 336 g/mol. The first-order chi connectivity index (χ1) is 11.4. The van der Waals surface area contributed by atoms with Crippen LogP contribution in [0.2, 0.25) is 0 Å². The zero-order valence-corrected chi connectivity index (χ0v) is 15.5. The minimum atomic E-state index is -1.16. The molecule has 4 aliphatic carbocycles. The molecule has 0 saturated heterocycles. The Labute approximate surface area is 146 Å². The Bertz CT molecular complexity index is 478. The molecule has 3 heteroatoms. The second-order valence-corrected chi connectivity index (χ2v) is 10.00. The van der Waals surface area contributed by atoms with Crippen molar-refractivity contribution in [2.45, 2.75) is 90.4 Å². The number of rotatable bonds is 2. The van der Waals surface area contributed by atoms with Crippen molar-refractivity contribution in [1.82, 2.24) is 0 Å². The Kier molecular flexibility index (Phi) is 4.29. The molecule has 0 aromatic carbocycles. The molecule has 138 valence electrons. The lowest BCUT2D eigenvalue weighted by molar-refractivity contribution is -0.165. The molecule has 0 bridgehead atoms. The van der Waals surface area contributed by atoms with Crippen LogP contribution >= 0.6 is 0 Å². The molecule has 0 spiro atoms. The summed E-state index contributed by atoms with van der Waals surface area (Å²) in [7, 11) is 0. The highest BCUT2D eigenvalue weighted by molar-refractivity contribution is 5.10. The second-order valence-electron chi connectivity index (χ2n) is 10.00. The van der Waals surface area contributed by atoms with E-state index in [-0.39, 0.29) is 16.9 Å². The molecule has 1 unspecified atom stereocenters. The van der Waals surface area contributed by atoms with Crippen LogP contribution in [0.15, 0.2) is 0 Å². The van der Waals surface area contributed by atoms with E-state index >= 15 is 0 Å². The molecule has 3 nitrogen and oxygen atoms in total. The van der Waals surface area contributed by atoms with Crippen molar-refractivity contribution in [2.75, 3.05) is 0 Å². The largest absolute Gasteiger partial charge is 0.393 e. The highest BCUT2D eigenvalue weighted by Gasteiger charge is 2.61. The molecule has 0 aromatic rings. The fraction of sp³-hybridized carbons (Fsp3) is 1.00. The molecule has 0 aromatic heterocycles. The van der Waals surface area contributed by atoms with Gasteiger partial charge in [0.25, 0.3) is 0 Å². The van der Waals surface area contributed by atoms with Gasteiger partial charge in [0.1, 0.15) is 0 Å². The van der Waals surface area contributed by atoms with E-state index in [0.717, 1.165) is 30.6 Å². The fourth-order valence-corrected chi connectivity index (χ4v) is 8.06. The summed E-state index contributed by atoms with van der Waals surface area (Å²) in [6, 6.07) is 0. The van der Waals surface area contributed by atoms with E-state index in [1.54, 1.807) is 0 Å². The van der Waals surface area contributed by atoms with Crippen LogP contribution in [0.3, 0.4) is 0 Å². The summed E-state index contributed by atoms with van der Waals surface area (Å²) in [5.74, 6) is 3.35. The number of aliphatic hydroxyl groups is 3. The van der Waals surface area contributed by atoms with E-state index in [1.165, 1.54) is 44.9 Å². The van der Waals surface area contributed by atoms with Gasteiger partial charge in [-0.3, -0.25) is 0 Å². The van der Waals surface area contributed by atoms with E-state index in [4.69, 9.17) is 0 Å². The van der Waals surface area contributed by atoms with Crippen molar-refractivity contribution < 1.29 is 15.3 Å². The lowest BCUT2D eigenvalue weighted by Crippen LogP contribution is -2.57. The van der Waals surface area contributed by atoms with Crippen molar-refractivity contribution in [2.24, 2.45) is 40.4 Å². The van der Waals surface area contributed by atoms with Crippen molar-refractivity contribution >= 4 is 0 Å². The predicted octanol–water partition coefficient (Wildman–Crippen LogP) is 3.71. The predicted molar refractivity (Wildman–Crippen MR) is 94.1 cm³/mol. The minimum absolute atomic E-state index is 0.107. The first-order valence-electron chi connectivity index (χ1n) is 10.4. The van der Waals surface area contributed by atoms with Gasteiger partial charge < -0.3 is 15.3 Å². The quantitative estimate of drug-likeness (QED) is 0.674. The molecule has 0 radical (unpaired) electrons. The molecule has 4 aliphatic rings. The van der Waals surface area contributed by atoms with Crippen LogP contribution in [0.1, 0.15) is 78.1 Å². The lowest BCUT2D eigenvalue weighted by atomic mass is 9.44. The first-order valence-corrected chi connectivity index (χ1v) is 10.4. The van der Waals surface area contributed by atoms with Crippen LogP contribution < -0.4 is 0 Å². The highest BCUT2D eigenvalue weighted by atomic mass is 16.5. The lowest BCUT2D eigenvalue weighted by Gasteiger charge is -2.61. The van der Waals surface area contributed by atoms with Gasteiger partial charge in [-0.1, -0.05) is 20.3 Å². The average molecular weight is 337 g/mol. The van der Waals surface area contributed by atoms with Crippen LogP contribution in [0.4, 0.5) is 0 Å². The van der Waals surface area contributed by atoms with Gasteiger partial charge in [0.2, 0.25) is 0 Å². The summed E-state index contributed by atoms with van der Waals surface area (Å²) in [6.45, 7) is 4.84. The van der Waals surface area contributed by atoms with E-state index in [9.17, 15) is 15.3 Å². The molecule has 24 heavy (non-hydrogen) atoms. The third kappa shape index (κ3) is 2.34. The van der Waals surface area contributed by atoms with Gasteiger partial charge in [-0.2, -0.15) is 0 Å². The van der Waals surface area contributed by atoms with Crippen molar-refractivity contribution in [3.63, 3.8) is 0 Å².